The van der Waals surface area contributed by atoms with Gasteiger partial charge in [0.15, 0.2) is 0 Å². The molecule has 0 aromatic heterocycles. The van der Waals surface area contributed by atoms with Crippen LogP contribution in [0.3, 0.4) is 0 Å². The summed E-state index contributed by atoms with van der Waals surface area (Å²) in [6, 6.07) is 7.78. The minimum Gasteiger partial charge on any atom is -0.373 e. The van der Waals surface area contributed by atoms with Crippen LogP contribution in [0.1, 0.15) is 31.9 Å². The van der Waals surface area contributed by atoms with Gasteiger partial charge in [0.1, 0.15) is 0 Å². The first kappa shape index (κ1) is 23.1. The number of rotatable bonds is 6. The van der Waals surface area contributed by atoms with Gasteiger partial charge in [0.05, 0.1) is 18.2 Å². The zero-order valence-corrected chi connectivity index (χ0v) is 19.2. The first-order valence-corrected chi connectivity index (χ1v) is 12.0. The Morgan fingerprint density at radius 2 is 1.63 bits per heavy atom. The van der Waals surface area contributed by atoms with Crippen LogP contribution in [-0.4, -0.2) is 85.4 Å². The predicted octanol–water partition coefficient (Wildman–Crippen LogP) is 0.971. The van der Waals surface area contributed by atoms with Gasteiger partial charge in [0.2, 0.25) is 5.91 Å². The van der Waals surface area contributed by atoms with E-state index in [1.165, 1.54) is 14.2 Å². The lowest BCUT2D eigenvalue weighted by atomic mass is 10.1. The lowest BCUT2D eigenvalue weighted by Crippen LogP contribution is -2.59. The topological polar surface area (TPSA) is 82.2 Å². The van der Waals surface area contributed by atoms with Crippen molar-refractivity contribution >= 4 is 16.1 Å². The van der Waals surface area contributed by atoms with Crippen molar-refractivity contribution in [3.63, 3.8) is 0 Å². The number of morpholine rings is 1. The normalized spacial score (nSPS) is 25.7. The highest BCUT2D eigenvalue weighted by molar-refractivity contribution is 7.86. The van der Waals surface area contributed by atoms with Gasteiger partial charge in [-0.3, -0.25) is 9.69 Å². The van der Waals surface area contributed by atoms with Gasteiger partial charge >= 0.3 is 0 Å². The van der Waals surface area contributed by atoms with E-state index in [4.69, 9.17) is 4.74 Å². The zero-order chi connectivity index (χ0) is 21.9. The lowest BCUT2D eigenvalue weighted by molar-refractivity contribution is -0.126. The van der Waals surface area contributed by atoms with Gasteiger partial charge in [-0.15, -0.1) is 0 Å². The summed E-state index contributed by atoms with van der Waals surface area (Å²) in [5, 5.41) is 2.98. The first-order valence-electron chi connectivity index (χ1n) is 10.6. The largest absolute Gasteiger partial charge is 0.373 e. The molecule has 9 heteroatoms. The third-order valence-electron chi connectivity index (χ3n) is 5.83. The molecule has 2 heterocycles. The molecule has 0 bridgehead atoms. The number of piperazine rings is 1. The fourth-order valence-electron chi connectivity index (χ4n) is 4.01. The van der Waals surface area contributed by atoms with Crippen molar-refractivity contribution in [2.24, 2.45) is 0 Å². The summed E-state index contributed by atoms with van der Waals surface area (Å²) < 4.78 is 34.8. The molecule has 3 atom stereocenters. The number of aryl methyl sites for hydroxylation is 1. The first-order chi connectivity index (χ1) is 14.2. The fraction of sp³-hybridized carbons (Fsp3) is 0.667. The van der Waals surface area contributed by atoms with Crippen molar-refractivity contribution in [2.75, 3.05) is 39.3 Å². The van der Waals surface area contributed by atoms with E-state index in [1.54, 1.807) is 0 Å². The van der Waals surface area contributed by atoms with Crippen molar-refractivity contribution in [1.82, 2.24) is 18.8 Å². The molecule has 1 amide bonds. The summed E-state index contributed by atoms with van der Waals surface area (Å²) in [5.41, 5.74) is 2.25. The molecule has 0 spiro atoms. The van der Waals surface area contributed by atoms with Crippen LogP contribution >= 0.6 is 0 Å². The van der Waals surface area contributed by atoms with E-state index < -0.39 is 10.2 Å². The van der Waals surface area contributed by atoms with Crippen LogP contribution in [0.2, 0.25) is 0 Å². The number of hydrogen-bond acceptors (Lipinski definition) is 5. The molecule has 1 aromatic carbocycles. The van der Waals surface area contributed by atoms with Crippen LogP contribution in [0.5, 0.6) is 0 Å². The van der Waals surface area contributed by atoms with Crippen molar-refractivity contribution in [2.45, 2.75) is 52.5 Å². The molecule has 2 fully saturated rings. The molecule has 1 aromatic rings. The summed E-state index contributed by atoms with van der Waals surface area (Å²) in [5.74, 6) is -0.0392. The van der Waals surface area contributed by atoms with Crippen molar-refractivity contribution in [3.8, 4) is 0 Å². The molecule has 2 aliphatic rings. The van der Waals surface area contributed by atoms with E-state index in [-0.39, 0.29) is 24.2 Å². The molecule has 2 aliphatic heterocycles. The maximum absolute atomic E-state index is 13.0. The summed E-state index contributed by atoms with van der Waals surface area (Å²) >= 11 is 0. The van der Waals surface area contributed by atoms with E-state index >= 15 is 0 Å². The molecule has 168 valence electrons. The number of nitrogens with one attached hydrogen (secondary N) is 1. The van der Waals surface area contributed by atoms with Crippen molar-refractivity contribution in [3.05, 3.63) is 35.4 Å². The minimum atomic E-state index is -3.51. The molecular formula is C21H34N4O4S. The minimum absolute atomic E-state index is 0.0392. The average molecular weight is 439 g/mol. The second kappa shape index (κ2) is 9.74. The second-order valence-corrected chi connectivity index (χ2v) is 10.3. The molecule has 1 N–H and O–H groups in total. The van der Waals surface area contributed by atoms with Gasteiger partial charge in [0, 0.05) is 45.8 Å². The van der Waals surface area contributed by atoms with Crippen LogP contribution in [0.15, 0.2) is 24.3 Å². The molecule has 3 rings (SSSR count). The third-order valence-corrected chi connectivity index (χ3v) is 7.79. The molecule has 0 unspecified atom stereocenters. The van der Waals surface area contributed by atoms with Crippen molar-refractivity contribution in [1.29, 1.82) is 0 Å². The number of nitrogens with zero attached hydrogens (tertiary/aromatic N) is 3. The van der Waals surface area contributed by atoms with E-state index in [0.717, 1.165) is 5.56 Å². The van der Waals surface area contributed by atoms with Gasteiger partial charge in [-0.05, 0) is 33.3 Å². The molecule has 30 heavy (non-hydrogen) atoms. The summed E-state index contributed by atoms with van der Waals surface area (Å²) in [6.07, 6.45) is -0.218. The van der Waals surface area contributed by atoms with Crippen LogP contribution in [-0.2, 0) is 26.3 Å². The van der Waals surface area contributed by atoms with E-state index in [1.807, 2.05) is 56.9 Å². The number of ether oxygens (including phenoxy) is 1. The Morgan fingerprint density at radius 1 is 1.07 bits per heavy atom. The third kappa shape index (κ3) is 5.59. The molecule has 2 saturated heterocycles. The van der Waals surface area contributed by atoms with Crippen molar-refractivity contribution < 1.29 is 17.9 Å². The van der Waals surface area contributed by atoms with Crippen LogP contribution in [0.4, 0.5) is 0 Å². The van der Waals surface area contributed by atoms with Crippen LogP contribution < -0.4 is 5.32 Å². The Bertz CT molecular complexity index is 812. The monoisotopic (exact) mass is 438 g/mol. The molecule has 8 nitrogen and oxygen atoms in total. The number of hydrogen-bond donors (Lipinski definition) is 1. The van der Waals surface area contributed by atoms with Crippen LogP contribution in [0.25, 0.3) is 0 Å². The van der Waals surface area contributed by atoms with E-state index in [9.17, 15) is 13.2 Å². The van der Waals surface area contributed by atoms with E-state index in [0.29, 0.717) is 45.8 Å². The Kier molecular flexibility index (Phi) is 7.52. The highest BCUT2D eigenvalue weighted by Crippen LogP contribution is 2.19. The summed E-state index contributed by atoms with van der Waals surface area (Å²) in [7, 11) is -3.51. The smallest absolute Gasteiger partial charge is 0.282 e. The Hall–Kier alpha value is -1.52. The number of carbonyl (C=O) groups excluding carboxylic acids is 1. The van der Waals surface area contributed by atoms with Crippen LogP contribution in [0, 0.1) is 6.92 Å². The molecular weight excluding hydrogens is 404 g/mol. The maximum Gasteiger partial charge on any atom is 0.282 e. The van der Waals surface area contributed by atoms with E-state index in [2.05, 4.69) is 5.32 Å². The second-order valence-electron chi connectivity index (χ2n) is 8.40. The summed E-state index contributed by atoms with van der Waals surface area (Å²) in [4.78, 5) is 14.6. The SMILES string of the molecule is Cc1ccc(CNC(=O)[C@H](C)N2CCN(S(=O)(=O)N3C[C@@H](C)O[C@@H](C)C3)CC2)cc1. The van der Waals surface area contributed by atoms with Gasteiger partial charge < -0.3 is 10.1 Å². The molecule has 0 saturated carbocycles. The van der Waals surface area contributed by atoms with Gasteiger partial charge in [0.25, 0.3) is 10.2 Å². The summed E-state index contributed by atoms with van der Waals surface area (Å²) in [6.45, 7) is 10.8. The van der Waals surface area contributed by atoms with Gasteiger partial charge in [-0.1, -0.05) is 29.8 Å². The lowest BCUT2D eigenvalue weighted by Gasteiger charge is -2.41. The fourth-order valence-corrected chi connectivity index (χ4v) is 5.76. The average Bonchev–Trinajstić information content (AvgIpc) is 2.72. The van der Waals surface area contributed by atoms with Gasteiger partial charge in [-0.2, -0.15) is 17.0 Å². The Labute approximate surface area is 180 Å². The highest BCUT2D eigenvalue weighted by atomic mass is 32.2. The zero-order valence-electron chi connectivity index (χ0n) is 18.4. The standard InChI is InChI=1S/C21H34N4O4S/c1-16-5-7-20(8-6-16)13-22-21(26)19(4)23-9-11-24(12-10-23)30(27,28)25-14-17(2)29-18(3)15-25/h5-8,17-19H,9-15H2,1-4H3,(H,22,26)/t17-,18+,19-/m0/s1. The quantitative estimate of drug-likeness (QED) is 0.716. The highest BCUT2D eigenvalue weighted by Gasteiger charge is 2.37. The molecule has 0 aliphatic carbocycles. The Balaban J connectivity index is 1.50. The Morgan fingerprint density at radius 3 is 2.20 bits per heavy atom. The number of benzene rings is 1. The predicted molar refractivity (Wildman–Crippen MR) is 116 cm³/mol. The number of carbonyl (C=O) groups is 1. The maximum atomic E-state index is 13.0. The number of amides is 1. The molecule has 0 radical (unpaired) electrons. The van der Waals surface area contributed by atoms with Gasteiger partial charge in [-0.25, -0.2) is 0 Å².